The van der Waals surface area contributed by atoms with E-state index in [0.29, 0.717) is 36.9 Å². The summed E-state index contributed by atoms with van der Waals surface area (Å²) >= 11 is 6.93. The van der Waals surface area contributed by atoms with Crippen LogP contribution < -0.4 is 9.62 Å². The molecule has 1 amide bonds. The normalized spacial score (nSPS) is 14.4. The number of sulfonamides is 1. The number of hydrogen-bond donors (Lipinski definition) is 1. The number of nitrogens with one attached hydrogen (secondary N) is 1. The van der Waals surface area contributed by atoms with Crippen molar-refractivity contribution in [3.63, 3.8) is 0 Å². The van der Waals surface area contributed by atoms with Gasteiger partial charge in [-0.25, -0.2) is 17.8 Å². The van der Waals surface area contributed by atoms with Crippen LogP contribution in [-0.4, -0.2) is 50.4 Å². The molecule has 1 fully saturated rings. The van der Waals surface area contributed by atoms with Crippen molar-refractivity contribution >= 4 is 49.7 Å². The van der Waals surface area contributed by atoms with Gasteiger partial charge < -0.3 is 9.80 Å². The van der Waals surface area contributed by atoms with Crippen LogP contribution in [0.1, 0.15) is 5.69 Å². The lowest BCUT2D eigenvalue weighted by atomic mass is 10.2. The smallest absolute Gasteiger partial charge is 0.263 e. The summed E-state index contributed by atoms with van der Waals surface area (Å²) in [6.45, 7) is 2.41. The van der Waals surface area contributed by atoms with Crippen molar-refractivity contribution in [1.29, 1.82) is 0 Å². The second-order valence-electron chi connectivity index (χ2n) is 7.22. The average molecular weight is 495 g/mol. The Balaban J connectivity index is 1.32. The molecular formula is C21H20ClFN4O3S2. The molecule has 0 bridgehead atoms. The van der Waals surface area contributed by atoms with Gasteiger partial charge in [-0.2, -0.15) is 0 Å². The van der Waals surface area contributed by atoms with Gasteiger partial charge in [0.25, 0.3) is 10.0 Å². The predicted molar refractivity (Wildman–Crippen MR) is 123 cm³/mol. The molecule has 3 aromatic rings. The van der Waals surface area contributed by atoms with E-state index >= 15 is 0 Å². The Labute approximate surface area is 194 Å². The van der Waals surface area contributed by atoms with Gasteiger partial charge in [-0.3, -0.25) is 9.52 Å². The highest BCUT2D eigenvalue weighted by Gasteiger charge is 2.23. The Bertz CT molecular complexity index is 1190. The summed E-state index contributed by atoms with van der Waals surface area (Å²) in [6.07, 6.45) is 0.0930. The fraction of sp³-hybridized carbons (Fsp3) is 0.238. The SMILES string of the molecule is O=C(Cc1csc(NS(=O)(=O)c2ccc(Cl)cc2)n1)N1CCN(c2ccc(F)cc2)CC1. The van der Waals surface area contributed by atoms with Gasteiger partial charge in [0.2, 0.25) is 5.91 Å². The first-order chi connectivity index (χ1) is 15.3. The highest BCUT2D eigenvalue weighted by Crippen LogP contribution is 2.22. The maximum Gasteiger partial charge on any atom is 0.263 e. The molecule has 0 spiro atoms. The van der Waals surface area contributed by atoms with Crippen molar-refractivity contribution in [3.8, 4) is 0 Å². The fourth-order valence-corrected chi connectivity index (χ4v) is 5.44. The quantitative estimate of drug-likeness (QED) is 0.566. The number of anilines is 2. The molecule has 7 nitrogen and oxygen atoms in total. The van der Waals surface area contributed by atoms with Crippen LogP contribution in [0.4, 0.5) is 15.2 Å². The van der Waals surface area contributed by atoms with E-state index in [1.165, 1.54) is 36.4 Å². The molecule has 1 aromatic heterocycles. The molecule has 0 atom stereocenters. The average Bonchev–Trinajstić information content (AvgIpc) is 3.20. The minimum absolute atomic E-state index is 0.0684. The summed E-state index contributed by atoms with van der Waals surface area (Å²) in [6, 6.07) is 12.1. The molecule has 0 unspecified atom stereocenters. The predicted octanol–water partition coefficient (Wildman–Crippen LogP) is 3.63. The number of carbonyl (C=O) groups is 1. The minimum atomic E-state index is -3.79. The lowest BCUT2D eigenvalue weighted by Gasteiger charge is -2.36. The molecule has 1 N–H and O–H groups in total. The number of aromatic nitrogens is 1. The Morgan fingerprint density at radius 3 is 2.38 bits per heavy atom. The summed E-state index contributed by atoms with van der Waals surface area (Å²) in [7, 11) is -3.79. The van der Waals surface area contributed by atoms with E-state index < -0.39 is 10.0 Å². The molecule has 2 aromatic carbocycles. The molecule has 0 saturated carbocycles. The minimum Gasteiger partial charge on any atom is -0.368 e. The van der Waals surface area contributed by atoms with E-state index in [2.05, 4.69) is 14.6 Å². The number of benzene rings is 2. The Morgan fingerprint density at radius 1 is 1.06 bits per heavy atom. The van der Waals surface area contributed by atoms with Crippen LogP contribution in [-0.2, 0) is 21.2 Å². The van der Waals surface area contributed by atoms with Crippen molar-refractivity contribution in [3.05, 3.63) is 70.4 Å². The molecular weight excluding hydrogens is 475 g/mol. The maximum atomic E-state index is 13.1. The maximum absolute atomic E-state index is 13.1. The summed E-state index contributed by atoms with van der Waals surface area (Å²) in [4.78, 5) is 20.9. The molecule has 168 valence electrons. The molecule has 1 aliphatic rings. The van der Waals surface area contributed by atoms with Crippen LogP contribution in [0.2, 0.25) is 5.02 Å². The number of rotatable bonds is 6. The zero-order valence-corrected chi connectivity index (χ0v) is 19.3. The molecule has 11 heteroatoms. The topological polar surface area (TPSA) is 82.6 Å². The highest BCUT2D eigenvalue weighted by molar-refractivity contribution is 7.93. The Kier molecular flexibility index (Phi) is 6.63. The van der Waals surface area contributed by atoms with Crippen molar-refractivity contribution in [2.75, 3.05) is 35.8 Å². The van der Waals surface area contributed by atoms with Gasteiger partial charge in [0.15, 0.2) is 5.13 Å². The zero-order valence-electron chi connectivity index (χ0n) is 16.9. The molecule has 32 heavy (non-hydrogen) atoms. The van der Waals surface area contributed by atoms with Gasteiger partial charge in [-0.1, -0.05) is 11.6 Å². The van der Waals surface area contributed by atoms with Crippen molar-refractivity contribution in [1.82, 2.24) is 9.88 Å². The second kappa shape index (κ2) is 9.43. The molecule has 0 radical (unpaired) electrons. The third kappa shape index (κ3) is 5.37. The third-order valence-corrected chi connectivity index (χ3v) is 7.60. The van der Waals surface area contributed by atoms with Gasteiger partial charge in [0.05, 0.1) is 17.0 Å². The lowest BCUT2D eigenvalue weighted by Crippen LogP contribution is -2.49. The van der Waals surface area contributed by atoms with Gasteiger partial charge in [-0.05, 0) is 48.5 Å². The van der Waals surface area contributed by atoms with Gasteiger partial charge in [0, 0.05) is 42.3 Å². The van der Waals surface area contributed by atoms with Gasteiger partial charge >= 0.3 is 0 Å². The highest BCUT2D eigenvalue weighted by atomic mass is 35.5. The summed E-state index contributed by atoms with van der Waals surface area (Å²) < 4.78 is 40.5. The largest absolute Gasteiger partial charge is 0.368 e. The lowest BCUT2D eigenvalue weighted by molar-refractivity contribution is -0.130. The number of carbonyl (C=O) groups excluding carboxylic acids is 1. The van der Waals surface area contributed by atoms with Gasteiger partial charge in [0.1, 0.15) is 5.82 Å². The van der Waals surface area contributed by atoms with E-state index in [9.17, 15) is 17.6 Å². The summed E-state index contributed by atoms with van der Waals surface area (Å²) in [5, 5.41) is 2.31. The van der Waals surface area contributed by atoms with Crippen LogP contribution in [0.5, 0.6) is 0 Å². The van der Waals surface area contributed by atoms with Crippen molar-refractivity contribution < 1.29 is 17.6 Å². The van der Waals surface area contributed by atoms with E-state index in [1.54, 1.807) is 22.4 Å². The summed E-state index contributed by atoms with van der Waals surface area (Å²) in [5.74, 6) is -0.346. The Hall–Kier alpha value is -2.69. The van der Waals surface area contributed by atoms with E-state index in [0.717, 1.165) is 17.0 Å². The third-order valence-electron chi connectivity index (χ3n) is 5.05. The van der Waals surface area contributed by atoms with E-state index in [4.69, 9.17) is 11.6 Å². The monoisotopic (exact) mass is 494 g/mol. The van der Waals surface area contributed by atoms with Gasteiger partial charge in [-0.15, -0.1) is 11.3 Å². The second-order valence-corrected chi connectivity index (χ2v) is 10.2. The van der Waals surface area contributed by atoms with Crippen molar-refractivity contribution in [2.24, 2.45) is 0 Å². The van der Waals surface area contributed by atoms with E-state index in [-0.39, 0.29) is 28.2 Å². The van der Waals surface area contributed by atoms with Crippen molar-refractivity contribution in [2.45, 2.75) is 11.3 Å². The van der Waals surface area contributed by atoms with Crippen LogP contribution in [0.15, 0.2) is 58.8 Å². The first-order valence-corrected chi connectivity index (χ1v) is 12.6. The van der Waals surface area contributed by atoms with E-state index in [1.807, 2.05) is 0 Å². The number of halogens is 2. The summed E-state index contributed by atoms with van der Waals surface area (Å²) in [5.41, 5.74) is 1.44. The first kappa shape index (κ1) is 22.5. The number of hydrogen-bond acceptors (Lipinski definition) is 6. The number of nitrogens with zero attached hydrogens (tertiary/aromatic N) is 3. The zero-order chi connectivity index (χ0) is 22.7. The van der Waals surface area contributed by atoms with Crippen LogP contribution in [0.3, 0.4) is 0 Å². The first-order valence-electron chi connectivity index (χ1n) is 9.81. The number of piperazine rings is 1. The number of amides is 1. The fourth-order valence-electron chi connectivity index (χ4n) is 3.36. The van der Waals surface area contributed by atoms with Crippen LogP contribution in [0.25, 0.3) is 0 Å². The molecule has 2 heterocycles. The van der Waals surface area contributed by atoms with Crippen LogP contribution in [0, 0.1) is 5.82 Å². The molecule has 1 aliphatic heterocycles. The number of thiazole rings is 1. The molecule has 4 rings (SSSR count). The standard InChI is InChI=1S/C21H20ClFN4O3S2/c22-15-1-7-19(8-2-15)32(29,30)25-21-24-17(14-31-21)13-20(28)27-11-9-26(10-12-27)18-5-3-16(23)4-6-18/h1-8,14H,9-13H2,(H,24,25). The van der Waals surface area contributed by atoms with Crippen LogP contribution >= 0.6 is 22.9 Å². The molecule has 0 aliphatic carbocycles. The molecule has 1 saturated heterocycles. The Morgan fingerprint density at radius 2 is 1.72 bits per heavy atom.